The van der Waals surface area contributed by atoms with Gasteiger partial charge in [-0.25, -0.2) is 15.0 Å². The van der Waals surface area contributed by atoms with Gasteiger partial charge in [-0.1, -0.05) is 30.3 Å². The Labute approximate surface area is 139 Å². The second-order valence-electron chi connectivity index (χ2n) is 6.90. The Morgan fingerprint density at radius 2 is 1.79 bits per heavy atom. The van der Waals surface area contributed by atoms with Gasteiger partial charge in [0, 0.05) is 24.9 Å². The first kappa shape index (κ1) is 13.9. The molecule has 24 heavy (non-hydrogen) atoms. The number of benzene rings is 1. The molecule has 0 amide bonds. The Kier molecular flexibility index (Phi) is 2.91. The summed E-state index contributed by atoms with van der Waals surface area (Å²) in [6.45, 7) is 0. The van der Waals surface area contributed by atoms with E-state index in [1.807, 2.05) is 30.3 Å². The quantitative estimate of drug-likeness (QED) is 0.758. The molecule has 2 saturated heterocycles. The molecule has 2 N–H and O–H groups in total. The van der Waals surface area contributed by atoms with Crippen LogP contribution < -0.4 is 4.90 Å². The molecule has 0 saturated carbocycles. The Bertz CT molecular complexity index is 863. The summed E-state index contributed by atoms with van der Waals surface area (Å²) in [6.07, 6.45) is 6.87. The highest BCUT2D eigenvalue weighted by atomic mass is 16.3. The first-order valence-electron chi connectivity index (χ1n) is 8.45. The van der Waals surface area contributed by atoms with Crippen molar-refractivity contribution in [1.29, 1.82) is 0 Å². The molecule has 0 unspecified atom stereocenters. The number of aromatic amines is 1. The highest BCUT2D eigenvalue weighted by molar-refractivity contribution is 5.83. The molecule has 0 aliphatic carbocycles. The van der Waals surface area contributed by atoms with E-state index >= 15 is 0 Å². The van der Waals surface area contributed by atoms with Crippen LogP contribution in [0, 0.1) is 0 Å². The number of nitrogens with zero attached hydrogens (tertiary/aromatic N) is 4. The van der Waals surface area contributed by atoms with Crippen LogP contribution in [0.5, 0.6) is 0 Å². The summed E-state index contributed by atoms with van der Waals surface area (Å²) in [5.41, 5.74) is 1.86. The molecule has 6 heteroatoms. The molecule has 2 fully saturated rings. The second kappa shape index (κ2) is 5.01. The normalized spacial score (nSPS) is 29.3. The summed E-state index contributed by atoms with van der Waals surface area (Å²) in [5, 5.41) is 11.3. The maximum atomic E-state index is 11.3. The molecular formula is C18H19N5O. The minimum atomic E-state index is -0.746. The fourth-order valence-electron chi connectivity index (χ4n) is 4.50. The van der Waals surface area contributed by atoms with Crippen LogP contribution in [0.1, 0.15) is 31.2 Å². The van der Waals surface area contributed by atoms with Gasteiger partial charge in [-0.15, -0.1) is 0 Å². The van der Waals surface area contributed by atoms with E-state index in [1.54, 1.807) is 12.7 Å². The zero-order valence-corrected chi connectivity index (χ0v) is 13.3. The number of rotatable bonds is 2. The van der Waals surface area contributed by atoms with Crippen LogP contribution in [-0.2, 0) is 5.60 Å². The Balaban J connectivity index is 1.53. The van der Waals surface area contributed by atoms with Crippen molar-refractivity contribution in [3.05, 3.63) is 48.5 Å². The van der Waals surface area contributed by atoms with Crippen molar-refractivity contribution >= 4 is 17.0 Å². The van der Waals surface area contributed by atoms with Crippen LogP contribution in [0.2, 0.25) is 0 Å². The van der Waals surface area contributed by atoms with Gasteiger partial charge in [-0.05, 0) is 18.4 Å². The number of fused-ring (bicyclic) bond motifs is 3. The number of hydrogen-bond donors (Lipinski definition) is 2. The molecule has 5 rings (SSSR count). The lowest BCUT2D eigenvalue weighted by Crippen LogP contribution is -2.50. The summed E-state index contributed by atoms with van der Waals surface area (Å²) in [7, 11) is 0. The predicted molar refractivity (Wildman–Crippen MR) is 90.5 cm³/mol. The standard InChI is InChI=1S/C18H19N5O/c24-18(12-4-2-1-3-5-12)8-13-6-7-14(9-18)23(13)17-15-16(20-10-19-15)21-11-22-17/h1-5,10-11,13-14,24H,6-9H2,(H,19,20,21,22)/t13-,14-/m1/s1. The predicted octanol–water partition coefficient (Wildman–Crippen LogP) is 2.37. The van der Waals surface area contributed by atoms with Gasteiger partial charge in [-0.2, -0.15) is 0 Å². The molecule has 2 atom stereocenters. The SMILES string of the molecule is OC1(c2ccccc2)C[C@H]2CC[C@H](C1)N2c1ncnc2nc[nH]c12. The van der Waals surface area contributed by atoms with E-state index in [-0.39, 0.29) is 12.1 Å². The average molecular weight is 321 g/mol. The highest BCUT2D eigenvalue weighted by Gasteiger charge is 2.49. The van der Waals surface area contributed by atoms with E-state index in [0.717, 1.165) is 42.6 Å². The van der Waals surface area contributed by atoms with Crippen LogP contribution in [-0.4, -0.2) is 37.1 Å². The molecule has 4 heterocycles. The first-order valence-corrected chi connectivity index (χ1v) is 8.45. The molecule has 1 aromatic carbocycles. The van der Waals surface area contributed by atoms with E-state index in [1.165, 1.54) is 0 Å². The van der Waals surface area contributed by atoms with Crippen LogP contribution in [0.15, 0.2) is 43.0 Å². The number of imidazole rings is 1. The van der Waals surface area contributed by atoms with Crippen molar-refractivity contribution in [2.75, 3.05) is 4.90 Å². The molecule has 0 spiro atoms. The third-order valence-corrected chi connectivity index (χ3v) is 5.53. The van der Waals surface area contributed by atoms with Crippen molar-refractivity contribution in [3.63, 3.8) is 0 Å². The largest absolute Gasteiger partial charge is 0.385 e. The molecule has 3 aromatic rings. The zero-order chi connectivity index (χ0) is 16.1. The van der Waals surface area contributed by atoms with Crippen LogP contribution >= 0.6 is 0 Å². The van der Waals surface area contributed by atoms with Gasteiger partial charge in [-0.3, -0.25) is 0 Å². The average Bonchev–Trinajstić information content (AvgIpc) is 3.19. The molecule has 0 radical (unpaired) electrons. The van der Waals surface area contributed by atoms with Gasteiger partial charge in [0.05, 0.1) is 11.9 Å². The molecule has 2 aromatic heterocycles. The molecule has 2 aliphatic rings. The number of aromatic nitrogens is 4. The second-order valence-corrected chi connectivity index (χ2v) is 6.90. The van der Waals surface area contributed by atoms with Crippen molar-refractivity contribution in [2.45, 2.75) is 43.4 Å². The van der Waals surface area contributed by atoms with E-state index in [2.05, 4.69) is 24.8 Å². The smallest absolute Gasteiger partial charge is 0.182 e. The van der Waals surface area contributed by atoms with Crippen LogP contribution in [0.25, 0.3) is 11.2 Å². The highest BCUT2D eigenvalue weighted by Crippen LogP contribution is 2.47. The number of piperidine rings is 1. The van der Waals surface area contributed by atoms with E-state index < -0.39 is 5.60 Å². The monoisotopic (exact) mass is 321 g/mol. The minimum absolute atomic E-state index is 0.287. The third-order valence-electron chi connectivity index (χ3n) is 5.53. The Hall–Kier alpha value is -2.47. The van der Waals surface area contributed by atoms with Crippen molar-refractivity contribution in [2.24, 2.45) is 0 Å². The van der Waals surface area contributed by atoms with E-state index in [9.17, 15) is 5.11 Å². The van der Waals surface area contributed by atoms with Gasteiger partial charge in [0.25, 0.3) is 0 Å². The maximum absolute atomic E-state index is 11.3. The van der Waals surface area contributed by atoms with Crippen molar-refractivity contribution in [1.82, 2.24) is 19.9 Å². The van der Waals surface area contributed by atoms with E-state index in [0.29, 0.717) is 5.65 Å². The molecular weight excluding hydrogens is 302 g/mol. The summed E-state index contributed by atoms with van der Waals surface area (Å²) in [5.74, 6) is 0.917. The van der Waals surface area contributed by atoms with Gasteiger partial charge < -0.3 is 15.0 Å². The lowest BCUT2D eigenvalue weighted by atomic mass is 9.80. The van der Waals surface area contributed by atoms with E-state index in [4.69, 9.17) is 0 Å². The fraction of sp³-hybridized carbons (Fsp3) is 0.389. The zero-order valence-electron chi connectivity index (χ0n) is 13.3. The van der Waals surface area contributed by atoms with Gasteiger partial charge >= 0.3 is 0 Å². The summed E-state index contributed by atoms with van der Waals surface area (Å²) < 4.78 is 0. The number of nitrogens with one attached hydrogen (secondary N) is 1. The fourth-order valence-corrected chi connectivity index (χ4v) is 4.50. The lowest BCUT2D eigenvalue weighted by molar-refractivity contribution is -0.00313. The third kappa shape index (κ3) is 1.96. The number of anilines is 1. The first-order chi connectivity index (χ1) is 11.7. The Morgan fingerprint density at radius 1 is 1.04 bits per heavy atom. The lowest BCUT2D eigenvalue weighted by Gasteiger charge is -2.44. The molecule has 122 valence electrons. The van der Waals surface area contributed by atoms with Crippen molar-refractivity contribution < 1.29 is 5.11 Å². The van der Waals surface area contributed by atoms with Gasteiger partial charge in [0.15, 0.2) is 11.5 Å². The molecule has 2 aliphatic heterocycles. The maximum Gasteiger partial charge on any atom is 0.182 e. The molecule has 2 bridgehead atoms. The minimum Gasteiger partial charge on any atom is -0.385 e. The Morgan fingerprint density at radius 3 is 2.54 bits per heavy atom. The summed E-state index contributed by atoms with van der Waals surface area (Å²) in [6, 6.07) is 10.6. The van der Waals surface area contributed by atoms with Crippen molar-refractivity contribution in [3.8, 4) is 0 Å². The molecule has 6 nitrogen and oxygen atoms in total. The number of hydrogen-bond acceptors (Lipinski definition) is 5. The number of aliphatic hydroxyl groups is 1. The summed E-state index contributed by atoms with van der Waals surface area (Å²) in [4.78, 5) is 18.5. The van der Waals surface area contributed by atoms with Gasteiger partial charge in [0.2, 0.25) is 0 Å². The van der Waals surface area contributed by atoms with Crippen LogP contribution in [0.4, 0.5) is 5.82 Å². The van der Waals surface area contributed by atoms with Crippen LogP contribution in [0.3, 0.4) is 0 Å². The van der Waals surface area contributed by atoms with Gasteiger partial charge in [0.1, 0.15) is 11.8 Å². The number of H-pyrrole nitrogens is 1. The topological polar surface area (TPSA) is 77.9 Å². The summed E-state index contributed by atoms with van der Waals surface area (Å²) >= 11 is 0.